The van der Waals surface area contributed by atoms with Crippen molar-refractivity contribution in [1.29, 1.82) is 0 Å². The van der Waals surface area contributed by atoms with Gasteiger partial charge in [-0.15, -0.1) is 11.3 Å². The first-order chi connectivity index (χ1) is 10.3. The second-order valence-corrected chi connectivity index (χ2v) is 6.71. The third-order valence-corrected chi connectivity index (χ3v) is 4.77. The summed E-state index contributed by atoms with van der Waals surface area (Å²) in [5.74, 6) is 0. The van der Waals surface area contributed by atoms with Gasteiger partial charge in [0.2, 0.25) is 0 Å². The number of unbranched alkanes of at least 4 members (excludes halogenated alkanes) is 1. The van der Waals surface area contributed by atoms with E-state index >= 15 is 0 Å². The summed E-state index contributed by atoms with van der Waals surface area (Å²) in [6, 6.07) is 4.31. The zero-order valence-corrected chi connectivity index (χ0v) is 14.2. The summed E-state index contributed by atoms with van der Waals surface area (Å²) in [7, 11) is 0. The molecular formula is C15H24N4S2. The molecule has 1 fully saturated rings. The lowest BCUT2D eigenvalue weighted by Gasteiger charge is -2.27. The lowest BCUT2D eigenvalue weighted by Crippen LogP contribution is -2.32. The molecule has 0 bridgehead atoms. The number of thiophene rings is 1. The summed E-state index contributed by atoms with van der Waals surface area (Å²) in [5, 5.41) is 9.26. The van der Waals surface area contributed by atoms with E-state index < -0.39 is 0 Å². The normalized spacial score (nSPS) is 15.4. The van der Waals surface area contributed by atoms with Crippen LogP contribution in [-0.2, 0) is 0 Å². The summed E-state index contributed by atoms with van der Waals surface area (Å²) in [6.45, 7) is 5.42. The molecule has 0 aromatic carbocycles. The third-order valence-electron chi connectivity index (χ3n) is 3.45. The van der Waals surface area contributed by atoms with Gasteiger partial charge in [-0.3, -0.25) is 5.43 Å². The first-order valence-electron chi connectivity index (χ1n) is 7.71. The molecule has 1 aromatic heterocycles. The van der Waals surface area contributed by atoms with E-state index in [9.17, 15) is 0 Å². The van der Waals surface area contributed by atoms with E-state index in [1.807, 2.05) is 6.21 Å². The third kappa shape index (κ3) is 5.63. The lowest BCUT2D eigenvalue weighted by atomic mass is 10.1. The van der Waals surface area contributed by atoms with Crippen molar-refractivity contribution >= 4 is 39.9 Å². The molecule has 2 heterocycles. The average Bonchev–Trinajstić information content (AvgIpc) is 2.97. The molecule has 0 unspecified atom stereocenters. The van der Waals surface area contributed by atoms with Crippen molar-refractivity contribution in [3.05, 3.63) is 17.0 Å². The van der Waals surface area contributed by atoms with Crippen LogP contribution in [0.3, 0.4) is 0 Å². The van der Waals surface area contributed by atoms with Gasteiger partial charge < -0.3 is 10.2 Å². The Morgan fingerprint density at radius 3 is 2.95 bits per heavy atom. The van der Waals surface area contributed by atoms with Crippen LogP contribution in [0.4, 0.5) is 5.00 Å². The molecule has 6 heteroatoms. The van der Waals surface area contributed by atoms with E-state index in [4.69, 9.17) is 12.2 Å². The van der Waals surface area contributed by atoms with Crippen LogP contribution in [0.15, 0.2) is 17.2 Å². The molecule has 1 saturated heterocycles. The van der Waals surface area contributed by atoms with Gasteiger partial charge >= 0.3 is 0 Å². The highest BCUT2D eigenvalue weighted by molar-refractivity contribution is 7.80. The van der Waals surface area contributed by atoms with E-state index in [1.54, 1.807) is 11.3 Å². The van der Waals surface area contributed by atoms with E-state index in [0.29, 0.717) is 5.11 Å². The van der Waals surface area contributed by atoms with Crippen molar-refractivity contribution in [2.45, 2.75) is 39.0 Å². The number of hydrogen-bond acceptors (Lipinski definition) is 4. The van der Waals surface area contributed by atoms with Crippen LogP contribution in [0.1, 0.15) is 43.9 Å². The molecule has 0 saturated carbocycles. The fraction of sp³-hybridized carbons (Fsp3) is 0.600. The molecule has 0 spiro atoms. The summed E-state index contributed by atoms with van der Waals surface area (Å²) in [5.41, 5.74) is 2.86. The van der Waals surface area contributed by atoms with Crippen LogP contribution in [0.2, 0.25) is 0 Å². The minimum atomic E-state index is 0.590. The van der Waals surface area contributed by atoms with E-state index in [0.717, 1.165) is 24.3 Å². The number of nitrogens with zero attached hydrogens (tertiary/aromatic N) is 2. The van der Waals surface area contributed by atoms with Gasteiger partial charge in [-0.1, -0.05) is 13.3 Å². The maximum Gasteiger partial charge on any atom is 0.186 e. The van der Waals surface area contributed by atoms with Crippen molar-refractivity contribution in [3.8, 4) is 0 Å². The van der Waals surface area contributed by atoms with Crippen LogP contribution in [0.5, 0.6) is 0 Å². The molecule has 1 aliphatic rings. The van der Waals surface area contributed by atoms with Crippen molar-refractivity contribution < 1.29 is 0 Å². The van der Waals surface area contributed by atoms with Crippen molar-refractivity contribution in [2.75, 3.05) is 24.5 Å². The zero-order chi connectivity index (χ0) is 14.9. The van der Waals surface area contributed by atoms with Gasteiger partial charge in [0.05, 0.1) is 11.2 Å². The van der Waals surface area contributed by atoms with Crippen molar-refractivity contribution in [1.82, 2.24) is 10.7 Å². The topological polar surface area (TPSA) is 39.7 Å². The Morgan fingerprint density at radius 2 is 2.19 bits per heavy atom. The fourth-order valence-corrected chi connectivity index (χ4v) is 3.35. The number of piperidine rings is 1. The molecule has 4 nitrogen and oxygen atoms in total. The van der Waals surface area contributed by atoms with Crippen LogP contribution in [0.25, 0.3) is 0 Å². The highest BCUT2D eigenvalue weighted by atomic mass is 32.1. The second-order valence-electron chi connectivity index (χ2n) is 5.20. The predicted molar refractivity (Wildman–Crippen MR) is 96.6 cm³/mol. The number of anilines is 1. The van der Waals surface area contributed by atoms with E-state index in [2.05, 4.69) is 39.8 Å². The SMILES string of the molecule is CCCCNC(=S)N/N=C\c1ccc(N2CCCCC2)s1. The first-order valence-corrected chi connectivity index (χ1v) is 8.94. The first kappa shape index (κ1) is 16.2. The smallest absolute Gasteiger partial charge is 0.186 e. The largest absolute Gasteiger partial charge is 0.363 e. The number of hydrazone groups is 1. The summed E-state index contributed by atoms with van der Waals surface area (Å²) in [4.78, 5) is 3.62. The van der Waals surface area contributed by atoms with Crippen LogP contribution < -0.4 is 15.6 Å². The zero-order valence-electron chi connectivity index (χ0n) is 12.6. The highest BCUT2D eigenvalue weighted by Crippen LogP contribution is 2.27. The quantitative estimate of drug-likeness (QED) is 0.364. The molecule has 0 radical (unpaired) electrons. The molecule has 21 heavy (non-hydrogen) atoms. The standard InChI is InChI=1S/C15H24N4S2/c1-2-3-9-16-15(20)18-17-12-13-7-8-14(21-13)19-10-5-4-6-11-19/h7-8,12H,2-6,9-11H2,1H3,(H2,16,18,20)/b17-12-. The Hall–Kier alpha value is -1.14. The van der Waals surface area contributed by atoms with Gasteiger partial charge in [-0.2, -0.15) is 5.10 Å². The number of thiocarbonyl (C=S) groups is 1. The Morgan fingerprint density at radius 1 is 1.38 bits per heavy atom. The van der Waals surface area contributed by atoms with Gasteiger partial charge in [0.25, 0.3) is 0 Å². The number of hydrogen-bond donors (Lipinski definition) is 2. The molecule has 2 rings (SSSR count). The Kier molecular flexibility index (Phi) is 6.95. The molecule has 116 valence electrons. The molecule has 1 aliphatic heterocycles. The maximum absolute atomic E-state index is 5.15. The van der Waals surface area contributed by atoms with Crippen LogP contribution in [0, 0.1) is 0 Å². The van der Waals surface area contributed by atoms with Gasteiger partial charge in [0.1, 0.15) is 0 Å². The molecule has 0 atom stereocenters. The molecular weight excluding hydrogens is 300 g/mol. The van der Waals surface area contributed by atoms with Crippen molar-refractivity contribution in [2.24, 2.45) is 5.10 Å². The Labute approximate surface area is 136 Å². The monoisotopic (exact) mass is 324 g/mol. The summed E-state index contributed by atoms with van der Waals surface area (Å²) < 4.78 is 0. The summed E-state index contributed by atoms with van der Waals surface area (Å²) in [6.07, 6.45) is 8.10. The molecule has 2 N–H and O–H groups in total. The van der Waals surface area contributed by atoms with Gasteiger partial charge in [0.15, 0.2) is 5.11 Å². The molecule has 0 aliphatic carbocycles. The van der Waals surface area contributed by atoms with Gasteiger partial charge in [-0.25, -0.2) is 0 Å². The fourth-order valence-electron chi connectivity index (χ4n) is 2.27. The minimum absolute atomic E-state index is 0.590. The van der Waals surface area contributed by atoms with Crippen LogP contribution in [-0.4, -0.2) is 31.0 Å². The molecule has 1 aromatic rings. The van der Waals surface area contributed by atoms with Gasteiger partial charge in [0, 0.05) is 24.5 Å². The van der Waals surface area contributed by atoms with Crippen LogP contribution >= 0.6 is 23.6 Å². The lowest BCUT2D eigenvalue weighted by molar-refractivity contribution is 0.580. The minimum Gasteiger partial charge on any atom is -0.363 e. The molecule has 0 amide bonds. The number of nitrogens with one attached hydrogen (secondary N) is 2. The second kappa shape index (κ2) is 9.00. The van der Waals surface area contributed by atoms with Crippen molar-refractivity contribution in [3.63, 3.8) is 0 Å². The Bertz CT molecular complexity index is 464. The highest BCUT2D eigenvalue weighted by Gasteiger charge is 2.12. The van der Waals surface area contributed by atoms with E-state index in [-0.39, 0.29) is 0 Å². The van der Waals surface area contributed by atoms with E-state index in [1.165, 1.54) is 37.4 Å². The Balaban J connectivity index is 1.76. The summed E-state index contributed by atoms with van der Waals surface area (Å²) >= 11 is 6.94. The maximum atomic E-state index is 5.15. The average molecular weight is 325 g/mol. The van der Waals surface area contributed by atoms with Gasteiger partial charge in [-0.05, 0) is 50.0 Å². The predicted octanol–water partition coefficient (Wildman–Crippen LogP) is 3.34. The number of rotatable bonds is 6.